The van der Waals surface area contributed by atoms with E-state index in [1.807, 2.05) is 0 Å². The molecule has 1 aromatic rings. The maximum atomic E-state index is 12.2. The number of benzene rings is 1. The monoisotopic (exact) mass is 321 g/mol. The van der Waals surface area contributed by atoms with Gasteiger partial charge in [-0.05, 0) is 30.5 Å². The van der Waals surface area contributed by atoms with Gasteiger partial charge in [-0.3, -0.25) is 0 Å². The Labute approximate surface area is 122 Å². The summed E-state index contributed by atoms with van der Waals surface area (Å²) in [5.41, 5.74) is -0.0425. The molecule has 6 nitrogen and oxygen atoms in total. The van der Waals surface area contributed by atoms with E-state index >= 15 is 0 Å². The second kappa shape index (κ2) is 6.53. The van der Waals surface area contributed by atoms with E-state index < -0.39 is 16.0 Å². The van der Waals surface area contributed by atoms with E-state index in [1.54, 1.807) is 6.92 Å². The predicted molar refractivity (Wildman–Crippen MR) is 74.6 cm³/mol. The van der Waals surface area contributed by atoms with Crippen molar-refractivity contribution in [2.24, 2.45) is 5.92 Å². The average molecular weight is 322 g/mol. The van der Waals surface area contributed by atoms with E-state index in [9.17, 15) is 13.2 Å². The van der Waals surface area contributed by atoms with Crippen LogP contribution in [0.15, 0.2) is 17.0 Å². The van der Waals surface area contributed by atoms with E-state index in [0.29, 0.717) is 0 Å². The summed E-state index contributed by atoms with van der Waals surface area (Å²) in [7, 11) is -3.88. The molecule has 0 saturated heterocycles. The molecule has 0 saturated carbocycles. The fraction of sp³-hybridized carbons (Fsp3) is 0.417. The Kier molecular flexibility index (Phi) is 5.52. The number of carbonyl (C=O) groups is 1. The normalized spacial score (nSPS) is 13.2. The summed E-state index contributed by atoms with van der Waals surface area (Å²) in [6, 6.07) is 2.41. The van der Waals surface area contributed by atoms with Crippen LogP contribution < -0.4 is 4.72 Å². The molecular formula is C12H16ClNO5S. The SMILES string of the molecule is Cc1c(C(=O)O)cc(Cl)cc1S(=O)(=O)NCC(C)CO. The largest absolute Gasteiger partial charge is 0.478 e. The quantitative estimate of drug-likeness (QED) is 0.731. The van der Waals surface area contributed by atoms with Crippen molar-refractivity contribution in [3.05, 3.63) is 28.3 Å². The minimum absolute atomic E-state index is 0.0311. The highest BCUT2D eigenvalue weighted by atomic mass is 35.5. The van der Waals surface area contributed by atoms with Gasteiger partial charge < -0.3 is 10.2 Å². The zero-order chi connectivity index (χ0) is 15.5. The first-order chi connectivity index (χ1) is 9.19. The third-order valence-corrected chi connectivity index (χ3v) is 4.55. The lowest BCUT2D eigenvalue weighted by atomic mass is 10.1. The third-order valence-electron chi connectivity index (χ3n) is 2.78. The Morgan fingerprint density at radius 2 is 2.05 bits per heavy atom. The molecule has 0 aliphatic carbocycles. The van der Waals surface area contributed by atoms with Crippen molar-refractivity contribution in [1.82, 2.24) is 4.72 Å². The first-order valence-electron chi connectivity index (χ1n) is 5.83. The molecule has 3 N–H and O–H groups in total. The molecule has 0 spiro atoms. The van der Waals surface area contributed by atoms with E-state index in [1.165, 1.54) is 19.1 Å². The van der Waals surface area contributed by atoms with Gasteiger partial charge in [0.2, 0.25) is 10.0 Å². The van der Waals surface area contributed by atoms with E-state index in [2.05, 4.69) is 4.72 Å². The maximum absolute atomic E-state index is 12.2. The van der Waals surface area contributed by atoms with Crippen LogP contribution >= 0.6 is 11.6 Å². The zero-order valence-corrected chi connectivity index (χ0v) is 12.6. The van der Waals surface area contributed by atoms with E-state index in [0.717, 1.165) is 0 Å². The number of aliphatic hydroxyl groups excluding tert-OH is 1. The number of aromatic carboxylic acids is 1. The summed E-state index contributed by atoms with van der Waals surface area (Å²) >= 11 is 5.77. The lowest BCUT2D eigenvalue weighted by Crippen LogP contribution is -2.30. The fourth-order valence-electron chi connectivity index (χ4n) is 1.55. The average Bonchev–Trinajstić information content (AvgIpc) is 2.37. The molecule has 0 amide bonds. The van der Waals surface area contributed by atoms with Crippen LogP contribution in [0.3, 0.4) is 0 Å². The van der Waals surface area contributed by atoms with Crippen molar-refractivity contribution in [1.29, 1.82) is 0 Å². The van der Waals surface area contributed by atoms with Crippen molar-refractivity contribution in [2.45, 2.75) is 18.7 Å². The molecule has 0 aliphatic heterocycles. The molecule has 20 heavy (non-hydrogen) atoms. The Bertz CT molecular complexity index is 615. The molecule has 0 aromatic heterocycles. The van der Waals surface area contributed by atoms with E-state index in [-0.39, 0.29) is 40.1 Å². The molecular weight excluding hydrogens is 306 g/mol. The maximum Gasteiger partial charge on any atom is 0.336 e. The fourth-order valence-corrected chi connectivity index (χ4v) is 3.29. The second-order valence-electron chi connectivity index (χ2n) is 4.52. The summed E-state index contributed by atoms with van der Waals surface area (Å²) in [5.74, 6) is -1.49. The second-order valence-corrected chi connectivity index (χ2v) is 6.69. The number of hydrogen-bond acceptors (Lipinski definition) is 4. The van der Waals surface area contributed by atoms with Gasteiger partial charge in [-0.15, -0.1) is 0 Å². The Morgan fingerprint density at radius 1 is 1.45 bits per heavy atom. The number of aliphatic hydroxyl groups is 1. The summed E-state index contributed by atoms with van der Waals surface area (Å²) in [6.45, 7) is 2.98. The summed E-state index contributed by atoms with van der Waals surface area (Å²) < 4.78 is 26.6. The number of hydrogen-bond donors (Lipinski definition) is 3. The minimum atomic E-state index is -3.88. The van der Waals surface area contributed by atoms with Gasteiger partial charge in [0, 0.05) is 18.2 Å². The Morgan fingerprint density at radius 3 is 2.55 bits per heavy atom. The number of carboxylic acid groups (broad SMARTS) is 1. The van der Waals surface area contributed by atoms with Crippen LogP contribution in [0.2, 0.25) is 5.02 Å². The van der Waals surface area contributed by atoms with Crippen LogP contribution in [0.25, 0.3) is 0 Å². The summed E-state index contributed by atoms with van der Waals surface area (Å²) in [5, 5.41) is 17.9. The smallest absolute Gasteiger partial charge is 0.336 e. The molecule has 1 unspecified atom stereocenters. The van der Waals surface area contributed by atoms with Gasteiger partial charge in [0.1, 0.15) is 0 Å². The van der Waals surface area contributed by atoms with Gasteiger partial charge in [-0.2, -0.15) is 0 Å². The van der Waals surface area contributed by atoms with Gasteiger partial charge in [0.15, 0.2) is 0 Å². The molecule has 0 radical (unpaired) electrons. The van der Waals surface area contributed by atoms with Crippen LogP contribution in [0, 0.1) is 12.8 Å². The highest BCUT2D eigenvalue weighted by Gasteiger charge is 2.22. The van der Waals surface area contributed by atoms with Crippen molar-refractivity contribution >= 4 is 27.6 Å². The lowest BCUT2D eigenvalue weighted by molar-refractivity contribution is 0.0696. The summed E-state index contributed by atoms with van der Waals surface area (Å²) in [6.07, 6.45) is 0. The first kappa shape index (κ1) is 16.9. The predicted octanol–water partition coefficient (Wildman–Crippen LogP) is 1.25. The molecule has 0 aliphatic rings. The Hall–Kier alpha value is -1.15. The topological polar surface area (TPSA) is 104 Å². The number of halogens is 1. The van der Waals surface area contributed by atoms with Gasteiger partial charge in [0.25, 0.3) is 0 Å². The van der Waals surface area contributed by atoms with Crippen LogP contribution in [-0.4, -0.2) is 37.8 Å². The van der Waals surface area contributed by atoms with Crippen molar-refractivity contribution in [3.8, 4) is 0 Å². The van der Waals surface area contributed by atoms with Crippen LogP contribution in [0.5, 0.6) is 0 Å². The molecule has 0 bridgehead atoms. The molecule has 1 rings (SSSR count). The summed E-state index contributed by atoms with van der Waals surface area (Å²) in [4.78, 5) is 10.9. The van der Waals surface area contributed by atoms with Gasteiger partial charge >= 0.3 is 5.97 Å². The zero-order valence-electron chi connectivity index (χ0n) is 11.1. The van der Waals surface area contributed by atoms with E-state index in [4.69, 9.17) is 21.8 Å². The van der Waals surface area contributed by atoms with Gasteiger partial charge in [-0.25, -0.2) is 17.9 Å². The highest BCUT2D eigenvalue weighted by Crippen LogP contribution is 2.24. The molecule has 0 heterocycles. The standard InChI is InChI=1S/C12H16ClNO5S/c1-7(6-15)5-14-20(18,19)11-4-9(13)3-10(8(11)2)12(16)17/h3-4,7,14-15H,5-6H2,1-2H3,(H,16,17). The van der Waals surface area contributed by atoms with Crippen molar-refractivity contribution in [3.63, 3.8) is 0 Å². The molecule has 8 heteroatoms. The number of rotatable bonds is 6. The van der Waals surface area contributed by atoms with Crippen LogP contribution in [-0.2, 0) is 10.0 Å². The third kappa shape index (κ3) is 3.92. The Balaban J connectivity index is 3.21. The first-order valence-corrected chi connectivity index (χ1v) is 7.69. The van der Waals surface area contributed by atoms with Crippen molar-refractivity contribution < 1.29 is 23.4 Å². The van der Waals surface area contributed by atoms with Gasteiger partial charge in [0.05, 0.1) is 10.5 Å². The van der Waals surface area contributed by atoms with Crippen LogP contribution in [0.4, 0.5) is 0 Å². The van der Waals surface area contributed by atoms with Crippen molar-refractivity contribution in [2.75, 3.05) is 13.2 Å². The molecule has 1 atom stereocenters. The molecule has 112 valence electrons. The number of nitrogens with one attached hydrogen (secondary N) is 1. The number of sulfonamides is 1. The van der Waals surface area contributed by atoms with Crippen LogP contribution in [0.1, 0.15) is 22.8 Å². The number of carboxylic acids is 1. The van der Waals surface area contributed by atoms with Gasteiger partial charge in [-0.1, -0.05) is 18.5 Å². The highest BCUT2D eigenvalue weighted by molar-refractivity contribution is 7.89. The lowest BCUT2D eigenvalue weighted by Gasteiger charge is -2.13. The molecule has 1 aromatic carbocycles. The molecule has 0 fully saturated rings. The minimum Gasteiger partial charge on any atom is -0.478 e.